The van der Waals surface area contributed by atoms with Gasteiger partial charge in [0.05, 0.1) is 17.9 Å². The van der Waals surface area contributed by atoms with Crippen molar-refractivity contribution in [3.63, 3.8) is 0 Å². The Morgan fingerprint density at radius 2 is 1.86 bits per heavy atom. The SMILES string of the molecule is CC(CC(=O)O)NC(=O)CN(C)S(=O)(=O)c1ccccc1. The number of aliphatic carboxylic acids is 1. The van der Waals surface area contributed by atoms with E-state index in [2.05, 4.69) is 5.32 Å². The van der Waals surface area contributed by atoms with E-state index < -0.39 is 27.9 Å². The zero-order valence-corrected chi connectivity index (χ0v) is 12.6. The first-order valence-electron chi connectivity index (χ1n) is 6.26. The molecule has 0 radical (unpaired) electrons. The van der Waals surface area contributed by atoms with Crippen LogP contribution in [0, 0.1) is 0 Å². The van der Waals surface area contributed by atoms with E-state index in [0.29, 0.717) is 0 Å². The molecule has 0 spiro atoms. The first-order valence-corrected chi connectivity index (χ1v) is 7.70. The van der Waals surface area contributed by atoms with Crippen molar-refractivity contribution in [1.29, 1.82) is 0 Å². The minimum Gasteiger partial charge on any atom is -0.481 e. The molecule has 116 valence electrons. The molecular weight excluding hydrogens is 296 g/mol. The van der Waals surface area contributed by atoms with E-state index in [9.17, 15) is 18.0 Å². The number of carbonyl (C=O) groups excluding carboxylic acids is 1. The molecule has 0 saturated heterocycles. The summed E-state index contributed by atoms with van der Waals surface area (Å²) < 4.78 is 25.3. The van der Waals surface area contributed by atoms with Crippen LogP contribution >= 0.6 is 0 Å². The third-order valence-electron chi connectivity index (χ3n) is 2.71. The molecule has 0 aromatic heterocycles. The van der Waals surface area contributed by atoms with Crippen LogP contribution in [-0.4, -0.2) is 49.3 Å². The average Bonchev–Trinajstić information content (AvgIpc) is 2.38. The molecule has 0 aliphatic heterocycles. The zero-order valence-electron chi connectivity index (χ0n) is 11.8. The van der Waals surface area contributed by atoms with E-state index >= 15 is 0 Å². The van der Waals surface area contributed by atoms with Crippen LogP contribution in [0.5, 0.6) is 0 Å². The molecule has 8 heteroatoms. The van der Waals surface area contributed by atoms with Gasteiger partial charge in [-0.3, -0.25) is 9.59 Å². The highest BCUT2D eigenvalue weighted by atomic mass is 32.2. The van der Waals surface area contributed by atoms with Crippen molar-refractivity contribution in [3.05, 3.63) is 30.3 Å². The average molecular weight is 314 g/mol. The van der Waals surface area contributed by atoms with Crippen molar-refractivity contribution in [1.82, 2.24) is 9.62 Å². The zero-order chi connectivity index (χ0) is 16.0. The molecular formula is C13H18N2O5S. The number of rotatable bonds is 7. The van der Waals surface area contributed by atoms with Gasteiger partial charge in [0.15, 0.2) is 0 Å². The fourth-order valence-corrected chi connectivity index (χ4v) is 2.84. The summed E-state index contributed by atoms with van der Waals surface area (Å²) in [7, 11) is -2.44. The lowest BCUT2D eigenvalue weighted by atomic mass is 10.2. The van der Waals surface area contributed by atoms with E-state index in [1.807, 2.05) is 0 Å². The van der Waals surface area contributed by atoms with Crippen LogP contribution in [-0.2, 0) is 19.6 Å². The van der Waals surface area contributed by atoms with Crippen LogP contribution in [0.25, 0.3) is 0 Å². The van der Waals surface area contributed by atoms with Crippen molar-refractivity contribution in [2.75, 3.05) is 13.6 Å². The molecule has 1 rings (SSSR count). The Balaban J connectivity index is 2.66. The maximum atomic E-state index is 12.2. The summed E-state index contributed by atoms with van der Waals surface area (Å²) >= 11 is 0. The van der Waals surface area contributed by atoms with Crippen molar-refractivity contribution in [2.45, 2.75) is 24.3 Å². The second kappa shape index (κ2) is 7.19. The van der Waals surface area contributed by atoms with Crippen LogP contribution in [0.1, 0.15) is 13.3 Å². The Kier molecular flexibility index (Phi) is 5.86. The van der Waals surface area contributed by atoms with E-state index in [1.165, 1.54) is 26.1 Å². The van der Waals surface area contributed by atoms with Crippen molar-refractivity contribution in [2.24, 2.45) is 0 Å². The predicted octanol–water partition coefficient (Wildman–Crippen LogP) is 0.287. The molecule has 21 heavy (non-hydrogen) atoms. The van der Waals surface area contributed by atoms with Crippen molar-refractivity contribution in [3.8, 4) is 0 Å². The van der Waals surface area contributed by atoms with Crippen LogP contribution in [0.2, 0.25) is 0 Å². The number of hydrogen-bond acceptors (Lipinski definition) is 4. The normalized spacial score (nSPS) is 12.9. The molecule has 1 aromatic rings. The van der Waals surface area contributed by atoms with Gasteiger partial charge in [-0.1, -0.05) is 18.2 Å². The smallest absolute Gasteiger partial charge is 0.305 e. The standard InChI is InChI=1S/C13H18N2O5S/c1-10(8-13(17)18)14-12(16)9-15(2)21(19,20)11-6-4-3-5-7-11/h3-7,10H,8-9H2,1-2H3,(H,14,16)(H,17,18). The third-order valence-corrected chi connectivity index (χ3v) is 4.52. The van der Waals surface area contributed by atoms with Gasteiger partial charge >= 0.3 is 5.97 Å². The third kappa shape index (κ3) is 5.16. The van der Waals surface area contributed by atoms with Crippen LogP contribution in [0.15, 0.2) is 35.2 Å². The molecule has 0 aliphatic carbocycles. The number of hydrogen-bond donors (Lipinski definition) is 2. The highest BCUT2D eigenvalue weighted by Crippen LogP contribution is 2.12. The number of carboxylic acids is 1. The fraction of sp³-hybridized carbons (Fsp3) is 0.385. The number of carbonyl (C=O) groups is 2. The maximum Gasteiger partial charge on any atom is 0.305 e. The first-order chi connectivity index (χ1) is 9.73. The van der Waals surface area contributed by atoms with Gasteiger partial charge in [-0.25, -0.2) is 8.42 Å². The molecule has 1 unspecified atom stereocenters. The number of nitrogens with zero attached hydrogens (tertiary/aromatic N) is 1. The molecule has 0 aliphatic rings. The molecule has 0 heterocycles. The number of carboxylic acid groups (broad SMARTS) is 1. The highest BCUT2D eigenvalue weighted by molar-refractivity contribution is 7.89. The molecule has 1 atom stereocenters. The molecule has 0 saturated carbocycles. The van der Waals surface area contributed by atoms with Crippen LogP contribution in [0.3, 0.4) is 0 Å². The summed E-state index contributed by atoms with van der Waals surface area (Å²) in [6, 6.07) is 7.20. The Hall–Kier alpha value is -1.93. The van der Waals surface area contributed by atoms with Crippen molar-refractivity contribution >= 4 is 21.9 Å². The second-order valence-electron chi connectivity index (χ2n) is 4.64. The summed E-state index contributed by atoms with van der Waals surface area (Å²) in [5.41, 5.74) is 0. The van der Waals surface area contributed by atoms with Gasteiger partial charge in [-0.15, -0.1) is 0 Å². The van der Waals surface area contributed by atoms with Crippen LogP contribution in [0.4, 0.5) is 0 Å². The molecule has 0 bridgehead atoms. The number of nitrogens with one attached hydrogen (secondary N) is 1. The van der Waals surface area contributed by atoms with E-state index in [-0.39, 0.29) is 17.9 Å². The van der Waals surface area contributed by atoms with E-state index in [1.54, 1.807) is 18.2 Å². The summed E-state index contributed by atoms with van der Waals surface area (Å²) in [6.07, 6.45) is -0.221. The summed E-state index contributed by atoms with van der Waals surface area (Å²) in [4.78, 5) is 22.3. The highest BCUT2D eigenvalue weighted by Gasteiger charge is 2.23. The van der Waals surface area contributed by atoms with Crippen LogP contribution < -0.4 is 5.32 Å². The molecule has 7 nitrogen and oxygen atoms in total. The molecule has 2 N–H and O–H groups in total. The fourth-order valence-electron chi connectivity index (χ4n) is 1.69. The Bertz CT molecular complexity index is 600. The quantitative estimate of drug-likeness (QED) is 0.752. The molecule has 1 amide bonds. The minimum absolute atomic E-state index is 0.0962. The lowest BCUT2D eigenvalue weighted by Gasteiger charge is -2.18. The van der Waals surface area contributed by atoms with Gasteiger partial charge in [-0.05, 0) is 19.1 Å². The van der Waals surface area contributed by atoms with Gasteiger partial charge in [0.25, 0.3) is 0 Å². The predicted molar refractivity (Wildman–Crippen MR) is 76.1 cm³/mol. The van der Waals surface area contributed by atoms with Gasteiger partial charge in [0.1, 0.15) is 0 Å². The Morgan fingerprint density at radius 1 is 1.29 bits per heavy atom. The van der Waals surface area contributed by atoms with Gasteiger partial charge in [-0.2, -0.15) is 4.31 Å². The van der Waals surface area contributed by atoms with Gasteiger partial charge < -0.3 is 10.4 Å². The number of amides is 1. The minimum atomic E-state index is -3.74. The maximum absolute atomic E-state index is 12.2. The lowest BCUT2D eigenvalue weighted by Crippen LogP contribution is -2.42. The topological polar surface area (TPSA) is 104 Å². The van der Waals surface area contributed by atoms with Crippen molar-refractivity contribution < 1.29 is 23.1 Å². The number of sulfonamides is 1. The Labute approximate surface area is 123 Å². The van der Waals surface area contributed by atoms with E-state index in [4.69, 9.17) is 5.11 Å². The summed E-state index contributed by atoms with van der Waals surface area (Å²) in [5.74, 6) is -1.58. The monoisotopic (exact) mass is 314 g/mol. The molecule has 1 aromatic carbocycles. The van der Waals surface area contributed by atoms with E-state index in [0.717, 1.165) is 4.31 Å². The lowest BCUT2D eigenvalue weighted by molar-refractivity contribution is -0.137. The second-order valence-corrected chi connectivity index (χ2v) is 6.69. The van der Waals surface area contributed by atoms with Gasteiger partial charge in [0.2, 0.25) is 15.9 Å². The summed E-state index contributed by atoms with van der Waals surface area (Å²) in [5, 5.41) is 11.0. The molecule has 0 fully saturated rings. The van der Waals surface area contributed by atoms with Gasteiger partial charge in [0, 0.05) is 13.1 Å². The number of benzene rings is 1. The number of likely N-dealkylation sites (N-methyl/N-ethyl adjacent to an activating group) is 1. The Morgan fingerprint density at radius 3 is 2.38 bits per heavy atom. The summed E-state index contributed by atoms with van der Waals surface area (Å²) in [6.45, 7) is 1.17. The largest absolute Gasteiger partial charge is 0.481 e. The first kappa shape index (κ1) is 17.1.